The molecule has 0 amide bonds. The number of nitrogens with two attached hydrogens (primary N) is 1. The first-order valence-corrected chi connectivity index (χ1v) is 8.11. The highest BCUT2D eigenvalue weighted by Crippen LogP contribution is 2.48. The van der Waals surface area contributed by atoms with Crippen molar-refractivity contribution in [3.63, 3.8) is 0 Å². The maximum Gasteiger partial charge on any atom is 0.193 e. The molecule has 0 aliphatic heterocycles. The van der Waals surface area contributed by atoms with Gasteiger partial charge in [-0.3, -0.25) is 4.99 Å². The quantitative estimate of drug-likeness (QED) is 0.381. The molecule has 1 fully saturated rings. The fourth-order valence-corrected chi connectivity index (χ4v) is 2.83. The normalized spacial score (nSPS) is 15.0. The molecule has 0 bridgehead atoms. The van der Waals surface area contributed by atoms with Crippen LogP contribution in [-0.2, 0) is 5.41 Å². The van der Waals surface area contributed by atoms with Gasteiger partial charge in [0.25, 0.3) is 0 Å². The van der Waals surface area contributed by atoms with Gasteiger partial charge in [-0.1, -0.05) is 12.1 Å². The molecule has 0 unspecified atom stereocenters. The summed E-state index contributed by atoms with van der Waals surface area (Å²) >= 11 is 0. The average molecular weight is 471 g/mol. The first kappa shape index (κ1) is 20.3. The van der Waals surface area contributed by atoms with Crippen LogP contribution in [0.4, 0.5) is 10.1 Å². The predicted molar refractivity (Wildman–Crippen MR) is 112 cm³/mol. The molecule has 2 aromatic rings. The van der Waals surface area contributed by atoms with Crippen LogP contribution in [0.15, 0.2) is 47.5 Å². The topological polar surface area (TPSA) is 68.9 Å². The Balaban J connectivity index is 0.00000243. The number of benzene rings is 2. The number of rotatable bonds is 6. The molecular formula is C19H23FIN3O2. The van der Waals surface area contributed by atoms with Gasteiger partial charge in [-0.05, 0) is 42.7 Å². The van der Waals surface area contributed by atoms with E-state index < -0.39 is 0 Å². The summed E-state index contributed by atoms with van der Waals surface area (Å²) in [6.45, 7) is 0.515. The van der Waals surface area contributed by atoms with Gasteiger partial charge in [0.05, 0.1) is 26.5 Å². The van der Waals surface area contributed by atoms with Crippen LogP contribution in [0.2, 0.25) is 0 Å². The standard InChI is InChI=1S/C19H22FN3O2.HI/c1-24-15-6-7-17(25-2)16(11-15)23-18(21)22-12-19(8-9-19)13-4-3-5-14(20)10-13;/h3-7,10-11H,8-9,12H2,1-2H3,(H3,21,22,23);1H. The van der Waals surface area contributed by atoms with Crippen molar-refractivity contribution in [2.45, 2.75) is 18.3 Å². The second-order valence-corrected chi connectivity index (χ2v) is 6.18. The van der Waals surface area contributed by atoms with E-state index in [1.165, 1.54) is 6.07 Å². The minimum absolute atomic E-state index is 0. The molecule has 3 N–H and O–H groups in total. The Kier molecular flexibility index (Phi) is 6.69. The number of methoxy groups -OCH3 is 2. The van der Waals surface area contributed by atoms with Crippen LogP contribution in [0.1, 0.15) is 18.4 Å². The van der Waals surface area contributed by atoms with Crippen molar-refractivity contribution >= 4 is 35.6 Å². The Labute approximate surface area is 169 Å². The van der Waals surface area contributed by atoms with Crippen molar-refractivity contribution in [1.82, 2.24) is 0 Å². The summed E-state index contributed by atoms with van der Waals surface area (Å²) in [6, 6.07) is 12.1. The van der Waals surface area contributed by atoms with Gasteiger partial charge in [-0.15, -0.1) is 24.0 Å². The van der Waals surface area contributed by atoms with Crippen molar-refractivity contribution in [1.29, 1.82) is 0 Å². The van der Waals surface area contributed by atoms with E-state index in [-0.39, 0.29) is 41.2 Å². The summed E-state index contributed by atoms with van der Waals surface area (Å²) < 4.78 is 24.0. The molecule has 0 aromatic heterocycles. The number of hydrogen-bond acceptors (Lipinski definition) is 3. The van der Waals surface area contributed by atoms with Crippen LogP contribution in [0.25, 0.3) is 0 Å². The van der Waals surface area contributed by atoms with E-state index in [4.69, 9.17) is 15.2 Å². The molecule has 0 saturated heterocycles. The predicted octanol–water partition coefficient (Wildman–Crippen LogP) is 3.92. The van der Waals surface area contributed by atoms with Crippen LogP contribution in [0, 0.1) is 5.82 Å². The second kappa shape index (κ2) is 8.57. The Morgan fingerprint density at radius 2 is 1.96 bits per heavy atom. The summed E-state index contributed by atoms with van der Waals surface area (Å²) in [5.74, 6) is 1.40. The molecule has 1 aliphatic rings. The van der Waals surface area contributed by atoms with E-state index in [9.17, 15) is 4.39 Å². The van der Waals surface area contributed by atoms with Crippen LogP contribution in [0.5, 0.6) is 11.5 Å². The maximum absolute atomic E-state index is 13.5. The van der Waals surface area contributed by atoms with Crippen molar-refractivity contribution in [3.8, 4) is 11.5 Å². The third-order valence-electron chi connectivity index (χ3n) is 4.51. The Bertz CT molecular complexity index is 794. The highest BCUT2D eigenvalue weighted by Gasteiger charge is 2.44. The first-order valence-electron chi connectivity index (χ1n) is 8.11. The highest BCUT2D eigenvalue weighted by atomic mass is 127. The Morgan fingerprint density at radius 3 is 2.58 bits per heavy atom. The minimum Gasteiger partial charge on any atom is -0.497 e. The number of guanidine groups is 1. The zero-order valence-electron chi connectivity index (χ0n) is 14.8. The number of anilines is 1. The highest BCUT2D eigenvalue weighted by molar-refractivity contribution is 14.0. The van der Waals surface area contributed by atoms with Crippen molar-refractivity contribution in [3.05, 3.63) is 53.8 Å². The molecule has 26 heavy (non-hydrogen) atoms. The smallest absolute Gasteiger partial charge is 0.193 e. The molecule has 0 heterocycles. The lowest BCUT2D eigenvalue weighted by molar-refractivity contribution is 0.405. The van der Waals surface area contributed by atoms with Gasteiger partial charge in [0.2, 0.25) is 0 Å². The number of halogens is 2. The van der Waals surface area contributed by atoms with E-state index in [1.807, 2.05) is 6.07 Å². The van der Waals surface area contributed by atoms with Crippen molar-refractivity contribution < 1.29 is 13.9 Å². The zero-order chi connectivity index (χ0) is 17.9. The lowest BCUT2D eigenvalue weighted by Crippen LogP contribution is -2.25. The second-order valence-electron chi connectivity index (χ2n) is 6.18. The molecule has 1 saturated carbocycles. The van der Waals surface area contributed by atoms with E-state index >= 15 is 0 Å². The van der Waals surface area contributed by atoms with E-state index in [2.05, 4.69) is 10.3 Å². The summed E-state index contributed by atoms with van der Waals surface area (Å²) in [4.78, 5) is 4.46. The number of nitrogens with zero attached hydrogens (tertiary/aromatic N) is 1. The number of aliphatic imine (C=N–C) groups is 1. The summed E-state index contributed by atoms with van der Waals surface area (Å²) in [5, 5.41) is 3.05. The third kappa shape index (κ3) is 4.57. The van der Waals surface area contributed by atoms with Crippen LogP contribution < -0.4 is 20.5 Å². The first-order chi connectivity index (χ1) is 12.1. The molecule has 0 spiro atoms. The van der Waals surface area contributed by atoms with Crippen molar-refractivity contribution in [2.24, 2.45) is 10.7 Å². The fraction of sp³-hybridized carbons (Fsp3) is 0.316. The molecule has 3 rings (SSSR count). The molecule has 0 radical (unpaired) electrons. The SMILES string of the molecule is COc1ccc(OC)c(NC(N)=NCC2(c3cccc(F)c3)CC2)c1.I. The van der Waals surface area contributed by atoms with E-state index in [0.29, 0.717) is 23.7 Å². The number of ether oxygens (including phenoxy) is 2. The van der Waals surface area contributed by atoms with Crippen LogP contribution in [-0.4, -0.2) is 26.7 Å². The number of nitrogens with one attached hydrogen (secondary N) is 1. The largest absolute Gasteiger partial charge is 0.497 e. The molecule has 2 aromatic carbocycles. The monoisotopic (exact) mass is 471 g/mol. The molecule has 7 heteroatoms. The molecule has 0 atom stereocenters. The molecule has 1 aliphatic carbocycles. The third-order valence-corrected chi connectivity index (χ3v) is 4.51. The maximum atomic E-state index is 13.5. The van der Waals surface area contributed by atoms with Crippen LogP contribution >= 0.6 is 24.0 Å². The Morgan fingerprint density at radius 1 is 1.19 bits per heavy atom. The van der Waals surface area contributed by atoms with E-state index in [1.54, 1.807) is 44.6 Å². The van der Waals surface area contributed by atoms with Gasteiger partial charge in [0.1, 0.15) is 17.3 Å². The zero-order valence-corrected chi connectivity index (χ0v) is 17.1. The summed E-state index contributed by atoms with van der Waals surface area (Å²) in [5.41, 5.74) is 7.58. The lowest BCUT2D eigenvalue weighted by atomic mass is 9.96. The average Bonchev–Trinajstić information content (AvgIpc) is 3.41. The lowest BCUT2D eigenvalue weighted by Gasteiger charge is -2.15. The van der Waals surface area contributed by atoms with Gasteiger partial charge < -0.3 is 20.5 Å². The number of hydrogen-bond donors (Lipinski definition) is 2. The van der Waals surface area contributed by atoms with Gasteiger partial charge in [-0.25, -0.2) is 4.39 Å². The van der Waals surface area contributed by atoms with Gasteiger partial charge in [-0.2, -0.15) is 0 Å². The minimum atomic E-state index is -0.222. The van der Waals surface area contributed by atoms with E-state index in [0.717, 1.165) is 18.4 Å². The molecule has 5 nitrogen and oxygen atoms in total. The van der Waals surface area contributed by atoms with Crippen molar-refractivity contribution in [2.75, 3.05) is 26.1 Å². The molecular weight excluding hydrogens is 448 g/mol. The summed E-state index contributed by atoms with van der Waals surface area (Å²) in [7, 11) is 3.18. The van der Waals surface area contributed by atoms with Gasteiger partial charge in [0, 0.05) is 11.5 Å². The summed E-state index contributed by atoms with van der Waals surface area (Å²) in [6.07, 6.45) is 1.96. The fourth-order valence-electron chi connectivity index (χ4n) is 2.83. The Hall–Kier alpha value is -2.03. The molecule has 140 valence electrons. The van der Waals surface area contributed by atoms with Gasteiger partial charge >= 0.3 is 0 Å². The van der Waals surface area contributed by atoms with Gasteiger partial charge in [0.15, 0.2) is 5.96 Å². The van der Waals surface area contributed by atoms with Crippen LogP contribution in [0.3, 0.4) is 0 Å².